The fourth-order valence-corrected chi connectivity index (χ4v) is 2.31. The van der Waals surface area contributed by atoms with Crippen LogP contribution in [0.2, 0.25) is 0 Å². The molecule has 0 aliphatic rings. The van der Waals surface area contributed by atoms with Crippen LogP contribution in [0.1, 0.15) is 36.6 Å². The molecule has 0 unspecified atom stereocenters. The Morgan fingerprint density at radius 2 is 1.38 bits per heavy atom. The Morgan fingerprint density at radius 1 is 0.812 bits per heavy atom. The highest BCUT2D eigenvalue weighted by Crippen LogP contribution is 2.27. The Kier molecular flexibility index (Phi) is 3.74. The minimum absolute atomic E-state index is 0. The van der Waals surface area contributed by atoms with Gasteiger partial charge < -0.3 is 0 Å². The summed E-state index contributed by atoms with van der Waals surface area (Å²) in [6.07, 6.45) is 1.12. The van der Waals surface area contributed by atoms with Gasteiger partial charge in [0.25, 0.3) is 0 Å². The molecule has 0 aliphatic heterocycles. The van der Waals surface area contributed by atoms with Crippen LogP contribution in [0.25, 0.3) is 10.8 Å². The molecule has 0 aliphatic carbocycles. The van der Waals surface area contributed by atoms with Crippen LogP contribution in [0.3, 0.4) is 0 Å². The summed E-state index contributed by atoms with van der Waals surface area (Å²) in [6, 6.07) is 9.00. The molecule has 2 aromatic rings. The zero-order chi connectivity index (χ0) is 11.0. The van der Waals surface area contributed by atoms with Crippen molar-refractivity contribution >= 4 is 10.8 Å². The Bertz CT molecular complexity index is 507. The summed E-state index contributed by atoms with van der Waals surface area (Å²) >= 11 is 0. The van der Waals surface area contributed by atoms with Crippen LogP contribution in [0.5, 0.6) is 0 Å². The summed E-state index contributed by atoms with van der Waals surface area (Å²) in [7, 11) is 0. The monoisotopic (exact) mass is 214 g/mol. The molecule has 16 heavy (non-hydrogen) atoms. The van der Waals surface area contributed by atoms with E-state index in [2.05, 4.69) is 52.0 Å². The second-order valence-corrected chi connectivity index (χ2v) is 4.32. The van der Waals surface area contributed by atoms with Gasteiger partial charge in [0, 0.05) is 0 Å². The second kappa shape index (κ2) is 4.69. The van der Waals surface area contributed by atoms with Crippen molar-refractivity contribution < 1.29 is 0 Å². The van der Waals surface area contributed by atoms with Crippen LogP contribution in [0.4, 0.5) is 0 Å². The first kappa shape index (κ1) is 12.8. The zero-order valence-electron chi connectivity index (χ0n) is 10.0. The lowest BCUT2D eigenvalue weighted by atomic mass is 9.93. The maximum atomic E-state index is 2.27. The summed E-state index contributed by atoms with van der Waals surface area (Å²) in [6.45, 7) is 8.83. The van der Waals surface area contributed by atoms with Crippen molar-refractivity contribution in [3.8, 4) is 0 Å². The molecule has 0 nitrogen and oxygen atoms in total. The van der Waals surface area contributed by atoms with E-state index in [1.165, 1.54) is 33.0 Å². The number of hydrogen-bond acceptors (Lipinski definition) is 0. The Labute approximate surface area is 99.3 Å². The quantitative estimate of drug-likeness (QED) is 0.629. The Hall–Kier alpha value is -1.30. The first-order valence-corrected chi connectivity index (χ1v) is 5.63. The minimum atomic E-state index is 0. The molecule has 0 saturated carbocycles. The third-order valence-corrected chi connectivity index (χ3v) is 3.44. The van der Waals surface area contributed by atoms with Gasteiger partial charge in [-0.15, -0.1) is 0 Å². The van der Waals surface area contributed by atoms with Gasteiger partial charge in [-0.1, -0.05) is 38.6 Å². The van der Waals surface area contributed by atoms with Crippen LogP contribution in [-0.2, 0) is 6.42 Å². The van der Waals surface area contributed by atoms with Crippen LogP contribution in [0.15, 0.2) is 24.3 Å². The van der Waals surface area contributed by atoms with Crippen molar-refractivity contribution in [2.75, 3.05) is 0 Å². The van der Waals surface area contributed by atoms with Gasteiger partial charge in [0.1, 0.15) is 0 Å². The molecule has 0 atom stereocenters. The maximum Gasteiger partial charge on any atom is -0.0147 e. The molecule has 0 N–H and O–H groups in total. The van der Waals surface area contributed by atoms with Crippen LogP contribution in [0, 0.1) is 20.8 Å². The number of fused-ring (bicyclic) bond motifs is 1. The molecule has 2 rings (SSSR count). The molecule has 0 amide bonds. The highest BCUT2D eigenvalue weighted by atomic mass is 14.1. The van der Waals surface area contributed by atoms with Gasteiger partial charge in [0.05, 0.1) is 0 Å². The van der Waals surface area contributed by atoms with Crippen molar-refractivity contribution in [3.63, 3.8) is 0 Å². The number of hydrogen-bond donors (Lipinski definition) is 0. The van der Waals surface area contributed by atoms with Crippen molar-refractivity contribution in [2.45, 2.75) is 41.5 Å². The molecule has 0 bridgehead atoms. The Morgan fingerprint density at radius 3 is 2.00 bits per heavy atom. The molecule has 0 spiro atoms. The Balaban J connectivity index is 0.00000128. The van der Waals surface area contributed by atoms with E-state index in [1.807, 2.05) is 0 Å². The highest BCUT2D eigenvalue weighted by Gasteiger charge is 2.05. The largest absolute Gasteiger partial charge is 0.0776 e. The predicted molar refractivity (Wildman–Crippen MR) is 74.3 cm³/mol. The maximum absolute atomic E-state index is 2.27. The average Bonchev–Trinajstić information content (AvgIpc) is 2.23. The van der Waals surface area contributed by atoms with Crippen molar-refractivity contribution in [1.29, 1.82) is 0 Å². The summed E-state index contributed by atoms with van der Waals surface area (Å²) in [5, 5.41) is 2.85. The number of rotatable bonds is 1. The molecule has 86 valence electrons. The number of benzene rings is 2. The molecule has 0 aromatic heterocycles. The molecule has 0 heterocycles. The standard InChI is InChI=1S/C15H18.CH4/c1-5-13-11(3)7-8-14-12(4)10(2)6-9-15(13)14;/h6-9H,5H2,1-4H3;1H4. The van der Waals surface area contributed by atoms with E-state index in [9.17, 15) is 0 Å². The first-order chi connectivity index (χ1) is 7.15. The third kappa shape index (κ3) is 1.84. The molecular formula is C16H22. The van der Waals surface area contributed by atoms with Crippen molar-refractivity contribution in [3.05, 3.63) is 46.5 Å². The fourth-order valence-electron chi connectivity index (χ4n) is 2.31. The molecular weight excluding hydrogens is 192 g/mol. The lowest BCUT2D eigenvalue weighted by Crippen LogP contribution is -1.91. The van der Waals surface area contributed by atoms with Gasteiger partial charge in [-0.3, -0.25) is 0 Å². The predicted octanol–water partition coefficient (Wildman–Crippen LogP) is 4.96. The first-order valence-electron chi connectivity index (χ1n) is 5.63. The van der Waals surface area contributed by atoms with E-state index in [4.69, 9.17) is 0 Å². The SMILES string of the molecule is C.CCc1c(C)ccc2c(C)c(C)ccc12. The van der Waals surface area contributed by atoms with Gasteiger partial charge >= 0.3 is 0 Å². The van der Waals surface area contributed by atoms with Gasteiger partial charge in [-0.2, -0.15) is 0 Å². The highest BCUT2D eigenvalue weighted by molar-refractivity contribution is 5.90. The fraction of sp³-hybridized carbons (Fsp3) is 0.375. The van der Waals surface area contributed by atoms with E-state index < -0.39 is 0 Å². The smallest absolute Gasteiger partial charge is 0.0147 e. The van der Waals surface area contributed by atoms with Gasteiger partial charge in [0.2, 0.25) is 0 Å². The molecule has 0 heteroatoms. The summed E-state index contributed by atoms with van der Waals surface area (Å²) in [5.74, 6) is 0. The molecule has 0 radical (unpaired) electrons. The van der Waals surface area contributed by atoms with E-state index >= 15 is 0 Å². The average molecular weight is 214 g/mol. The van der Waals surface area contributed by atoms with Gasteiger partial charge in [-0.05, 0) is 60.2 Å². The summed E-state index contributed by atoms with van der Waals surface area (Å²) in [5.41, 5.74) is 5.71. The van der Waals surface area contributed by atoms with Crippen LogP contribution < -0.4 is 0 Å². The molecule has 0 saturated heterocycles. The zero-order valence-corrected chi connectivity index (χ0v) is 10.0. The minimum Gasteiger partial charge on any atom is -0.0776 e. The van der Waals surface area contributed by atoms with Gasteiger partial charge in [0.15, 0.2) is 0 Å². The second-order valence-electron chi connectivity index (χ2n) is 4.32. The van der Waals surface area contributed by atoms with Gasteiger partial charge in [-0.25, -0.2) is 0 Å². The topological polar surface area (TPSA) is 0 Å². The van der Waals surface area contributed by atoms with E-state index in [0.29, 0.717) is 0 Å². The van der Waals surface area contributed by atoms with Crippen LogP contribution >= 0.6 is 0 Å². The third-order valence-electron chi connectivity index (χ3n) is 3.44. The van der Waals surface area contributed by atoms with E-state index in [1.54, 1.807) is 0 Å². The normalized spacial score (nSPS) is 10.2. The lowest BCUT2D eigenvalue weighted by Gasteiger charge is -2.11. The molecule has 2 aromatic carbocycles. The van der Waals surface area contributed by atoms with Crippen molar-refractivity contribution in [2.24, 2.45) is 0 Å². The molecule has 0 fully saturated rings. The van der Waals surface area contributed by atoms with Crippen molar-refractivity contribution in [1.82, 2.24) is 0 Å². The number of aryl methyl sites for hydroxylation is 4. The van der Waals surface area contributed by atoms with Crippen LogP contribution in [-0.4, -0.2) is 0 Å². The van der Waals surface area contributed by atoms with E-state index in [-0.39, 0.29) is 7.43 Å². The van der Waals surface area contributed by atoms with E-state index in [0.717, 1.165) is 6.42 Å². The lowest BCUT2D eigenvalue weighted by molar-refractivity contribution is 1.13. The summed E-state index contributed by atoms with van der Waals surface area (Å²) < 4.78 is 0. The summed E-state index contributed by atoms with van der Waals surface area (Å²) in [4.78, 5) is 0.